The van der Waals surface area contributed by atoms with Gasteiger partial charge in [0.25, 0.3) is 0 Å². The van der Waals surface area contributed by atoms with Gasteiger partial charge in [-0.1, -0.05) is 26.0 Å². The molecule has 1 aromatic heterocycles. The Bertz CT molecular complexity index is 1350. The van der Waals surface area contributed by atoms with Crippen molar-refractivity contribution in [2.45, 2.75) is 82.6 Å². The Kier molecular flexibility index (Phi) is 15.3. The van der Waals surface area contributed by atoms with Crippen LogP contribution in [-0.2, 0) is 41.6 Å². The summed E-state index contributed by atoms with van der Waals surface area (Å²) in [5.74, 6) is -6.29. The van der Waals surface area contributed by atoms with Crippen LogP contribution in [0.1, 0.15) is 50.8 Å². The van der Waals surface area contributed by atoms with Gasteiger partial charge in [-0.15, -0.1) is 0 Å². The van der Waals surface area contributed by atoms with Gasteiger partial charge in [-0.2, -0.15) is 0 Å². The molecule has 4 amide bonds. The van der Waals surface area contributed by atoms with Crippen LogP contribution in [0.4, 0.5) is 0 Å². The Labute approximate surface area is 271 Å². The molecule has 0 radical (unpaired) electrons. The van der Waals surface area contributed by atoms with E-state index in [1.54, 1.807) is 13.8 Å². The minimum Gasteiger partial charge on any atom is -0.508 e. The molecule has 47 heavy (non-hydrogen) atoms. The third-order valence-electron chi connectivity index (χ3n) is 7.16. The Morgan fingerprint density at radius 2 is 1.45 bits per heavy atom. The molecule has 1 heterocycles. The van der Waals surface area contributed by atoms with Gasteiger partial charge in [-0.05, 0) is 49.4 Å². The van der Waals surface area contributed by atoms with Crippen molar-refractivity contribution in [3.63, 3.8) is 0 Å². The van der Waals surface area contributed by atoms with E-state index >= 15 is 0 Å². The summed E-state index contributed by atoms with van der Waals surface area (Å²) in [6, 6.07) is -0.636. The van der Waals surface area contributed by atoms with Crippen molar-refractivity contribution in [2.75, 3.05) is 6.54 Å². The molecule has 2 aromatic rings. The van der Waals surface area contributed by atoms with Gasteiger partial charge in [0.15, 0.2) is 0 Å². The molecular formula is C30H44N8O9. The van der Waals surface area contributed by atoms with Gasteiger partial charge in [0.2, 0.25) is 23.6 Å². The van der Waals surface area contributed by atoms with Crippen molar-refractivity contribution >= 4 is 35.6 Å². The number of aromatic amines is 1. The summed E-state index contributed by atoms with van der Waals surface area (Å²) < 4.78 is 0. The minimum atomic E-state index is -1.41. The van der Waals surface area contributed by atoms with E-state index in [1.807, 2.05) is 0 Å². The van der Waals surface area contributed by atoms with Crippen LogP contribution in [-0.4, -0.2) is 97.6 Å². The smallest absolute Gasteiger partial charge is 0.326 e. The summed E-state index contributed by atoms with van der Waals surface area (Å²) >= 11 is 0. The van der Waals surface area contributed by atoms with E-state index in [0.717, 1.165) is 0 Å². The molecule has 0 unspecified atom stereocenters. The minimum absolute atomic E-state index is 0.00651. The highest BCUT2D eigenvalue weighted by Crippen LogP contribution is 2.13. The van der Waals surface area contributed by atoms with Crippen molar-refractivity contribution in [2.24, 2.45) is 17.4 Å². The number of phenols is 1. The van der Waals surface area contributed by atoms with E-state index in [9.17, 15) is 39.0 Å². The zero-order valence-corrected chi connectivity index (χ0v) is 26.3. The number of carboxylic acid groups (broad SMARTS) is 2. The van der Waals surface area contributed by atoms with Crippen molar-refractivity contribution < 1.29 is 44.1 Å². The van der Waals surface area contributed by atoms with Crippen LogP contribution in [0.3, 0.4) is 0 Å². The average molecular weight is 661 g/mol. The molecule has 0 saturated carbocycles. The van der Waals surface area contributed by atoms with Gasteiger partial charge in [0.1, 0.15) is 29.9 Å². The first-order valence-corrected chi connectivity index (χ1v) is 15.1. The SMILES string of the molecule is CC(C)[C@H](NC(=O)[C@@H](N)CC(=O)O)C(=O)N[C@@H](Cc1cnc[nH]1)C(=O)N[C@@H](CCCCN)C(=O)N[C@@H](Cc1ccc(O)cc1)C(=O)O. The number of phenolic OH excluding ortho intramolecular Hbond substituents is 1. The molecule has 0 aliphatic heterocycles. The largest absolute Gasteiger partial charge is 0.508 e. The normalized spacial score (nSPS) is 14.2. The van der Waals surface area contributed by atoms with Crippen LogP contribution in [0.5, 0.6) is 5.75 Å². The topological polar surface area (TPSA) is 292 Å². The number of aromatic hydroxyl groups is 1. The maximum atomic E-state index is 13.7. The predicted octanol–water partition coefficient (Wildman–Crippen LogP) is -1.49. The third-order valence-corrected chi connectivity index (χ3v) is 7.16. The number of benzene rings is 1. The Morgan fingerprint density at radius 1 is 0.830 bits per heavy atom. The first-order valence-electron chi connectivity index (χ1n) is 15.1. The van der Waals surface area contributed by atoms with Gasteiger partial charge >= 0.3 is 11.9 Å². The number of nitrogens with zero attached hydrogens (tertiary/aromatic N) is 1. The molecule has 0 saturated heterocycles. The van der Waals surface area contributed by atoms with Crippen LogP contribution >= 0.6 is 0 Å². The molecule has 0 aliphatic carbocycles. The maximum absolute atomic E-state index is 13.7. The fourth-order valence-electron chi connectivity index (χ4n) is 4.54. The molecular weight excluding hydrogens is 616 g/mol. The number of carbonyl (C=O) groups is 6. The van der Waals surface area contributed by atoms with Gasteiger partial charge in [-0.25, -0.2) is 9.78 Å². The molecule has 17 heteroatoms. The number of H-pyrrole nitrogens is 1. The number of aliphatic carboxylic acids is 2. The van der Waals surface area contributed by atoms with Crippen LogP contribution in [0.2, 0.25) is 0 Å². The quantitative estimate of drug-likeness (QED) is 0.0727. The monoisotopic (exact) mass is 660 g/mol. The average Bonchev–Trinajstić information content (AvgIpc) is 3.52. The number of hydrogen-bond acceptors (Lipinski definition) is 10. The molecule has 0 bridgehead atoms. The molecule has 0 fully saturated rings. The fraction of sp³-hybridized carbons (Fsp3) is 0.500. The second kappa shape index (κ2) is 18.8. The van der Waals surface area contributed by atoms with E-state index in [0.29, 0.717) is 30.6 Å². The lowest BCUT2D eigenvalue weighted by molar-refractivity contribution is -0.142. The highest BCUT2D eigenvalue weighted by molar-refractivity contribution is 5.96. The van der Waals surface area contributed by atoms with E-state index in [2.05, 4.69) is 31.2 Å². The van der Waals surface area contributed by atoms with Crippen molar-refractivity contribution in [3.05, 3.63) is 48.0 Å². The van der Waals surface area contributed by atoms with E-state index in [-0.39, 0.29) is 25.0 Å². The molecule has 17 nitrogen and oxygen atoms in total. The zero-order valence-electron chi connectivity index (χ0n) is 26.3. The number of nitrogens with one attached hydrogen (secondary N) is 5. The lowest BCUT2D eigenvalue weighted by atomic mass is 10.0. The lowest BCUT2D eigenvalue weighted by Crippen LogP contribution is -2.60. The number of nitrogens with two attached hydrogens (primary N) is 2. The van der Waals surface area contributed by atoms with E-state index in [1.165, 1.54) is 36.8 Å². The number of carbonyl (C=O) groups excluding carboxylic acids is 4. The van der Waals surface area contributed by atoms with Crippen molar-refractivity contribution in [1.82, 2.24) is 31.2 Å². The number of rotatable bonds is 20. The molecule has 5 atom stereocenters. The van der Waals surface area contributed by atoms with Crippen LogP contribution < -0.4 is 32.7 Å². The summed E-state index contributed by atoms with van der Waals surface area (Å²) in [5, 5.41) is 38.4. The van der Waals surface area contributed by atoms with Crippen molar-refractivity contribution in [3.8, 4) is 5.75 Å². The molecule has 1 aromatic carbocycles. The highest BCUT2D eigenvalue weighted by atomic mass is 16.4. The zero-order chi connectivity index (χ0) is 35.1. The second-order valence-electron chi connectivity index (χ2n) is 11.4. The highest BCUT2D eigenvalue weighted by Gasteiger charge is 2.33. The Balaban J connectivity index is 2.27. The number of hydrogen-bond donors (Lipinski definition) is 10. The Morgan fingerprint density at radius 3 is 2.00 bits per heavy atom. The molecule has 2 rings (SSSR count). The predicted molar refractivity (Wildman–Crippen MR) is 167 cm³/mol. The molecule has 12 N–H and O–H groups in total. The maximum Gasteiger partial charge on any atom is 0.326 e. The molecule has 0 aliphatic rings. The van der Waals surface area contributed by atoms with E-state index < -0.39 is 78.1 Å². The van der Waals surface area contributed by atoms with Gasteiger partial charge in [0.05, 0.1) is 18.8 Å². The van der Waals surface area contributed by atoms with Gasteiger partial charge in [-0.3, -0.25) is 24.0 Å². The van der Waals surface area contributed by atoms with Crippen molar-refractivity contribution in [1.29, 1.82) is 0 Å². The summed E-state index contributed by atoms with van der Waals surface area (Å²) in [4.78, 5) is 82.7. The number of unbranched alkanes of at least 4 members (excludes halogenated alkanes) is 1. The number of imidazole rings is 1. The van der Waals surface area contributed by atoms with Gasteiger partial charge in [0, 0.05) is 24.7 Å². The summed E-state index contributed by atoms with van der Waals surface area (Å²) in [5.41, 5.74) is 12.3. The Hall–Kier alpha value is -5.03. The first-order chi connectivity index (χ1) is 22.2. The summed E-state index contributed by atoms with van der Waals surface area (Å²) in [7, 11) is 0. The standard InChI is InChI=1S/C30H44N8O9/c1-16(2)25(38-26(42)20(32)13-24(40)41)29(45)36-22(12-18-14-33-15-34-18)28(44)35-21(5-3-4-10-31)27(43)37-23(30(46)47)11-17-6-8-19(39)9-7-17/h6-9,14-16,20-23,25,39H,3-5,10-13,31-32H2,1-2H3,(H,33,34)(H,35,44)(H,36,45)(H,37,43)(H,38,42)(H,40,41)(H,46,47)/t20-,21-,22-,23-,25-/m0/s1. The van der Waals surface area contributed by atoms with Gasteiger partial charge < -0.3 is 53.0 Å². The second-order valence-corrected chi connectivity index (χ2v) is 11.4. The van der Waals surface area contributed by atoms with Crippen LogP contribution in [0.25, 0.3) is 0 Å². The summed E-state index contributed by atoms with van der Waals surface area (Å²) in [6.07, 6.45) is 3.00. The molecule has 0 spiro atoms. The number of aromatic nitrogens is 2. The first kappa shape index (κ1) is 38.2. The third kappa shape index (κ3) is 13.1. The number of carboxylic acids is 2. The summed E-state index contributed by atoms with van der Waals surface area (Å²) in [6.45, 7) is 3.58. The van der Waals surface area contributed by atoms with Crippen LogP contribution in [0, 0.1) is 5.92 Å². The fourth-order valence-corrected chi connectivity index (χ4v) is 4.54. The van der Waals surface area contributed by atoms with Crippen LogP contribution in [0.15, 0.2) is 36.8 Å². The number of amides is 4. The molecule has 258 valence electrons. The van der Waals surface area contributed by atoms with E-state index in [4.69, 9.17) is 16.6 Å². The lowest BCUT2D eigenvalue weighted by Gasteiger charge is -2.27.